The summed E-state index contributed by atoms with van der Waals surface area (Å²) in [5, 5.41) is 3.44. The summed E-state index contributed by atoms with van der Waals surface area (Å²) in [5.74, 6) is 6.63. The lowest BCUT2D eigenvalue weighted by molar-refractivity contribution is 0.187. The molecule has 0 bridgehead atoms. The molecular weight excluding hydrogens is 234 g/mol. The van der Waals surface area contributed by atoms with Crippen molar-refractivity contribution in [1.82, 2.24) is 10.2 Å². The molecule has 1 N–H and O–H groups in total. The highest BCUT2D eigenvalue weighted by Crippen LogP contribution is 2.24. The summed E-state index contributed by atoms with van der Waals surface area (Å²) in [6, 6.07) is 8.63. The summed E-state index contributed by atoms with van der Waals surface area (Å²) in [6.45, 7) is 10.3. The molecule has 2 fully saturated rings. The molecule has 3 rings (SSSR count). The number of piperazine rings is 1. The van der Waals surface area contributed by atoms with Gasteiger partial charge in [0.15, 0.2) is 5.69 Å². The second-order valence-corrected chi connectivity index (χ2v) is 5.12. The van der Waals surface area contributed by atoms with Gasteiger partial charge in [-0.05, 0) is 25.0 Å². The van der Waals surface area contributed by atoms with Crippen LogP contribution in [0.1, 0.15) is 18.4 Å². The van der Waals surface area contributed by atoms with E-state index in [0.29, 0.717) is 17.8 Å². The number of fused-ring (bicyclic) bond motifs is 1. The monoisotopic (exact) mass is 251 g/mol. The summed E-state index contributed by atoms with van der Waals surface area (Å²) in [6.07, 6.45) is 2.41. The Morgan fingerprint density at radius 3 is 3.21 bits per heavy atom. The smallest absolute Gasteiger partial charge is 0.188 e. The maximum Gasteiger partial charge on any atom is 0.188 e. The first kappa shape index (κ1) is 12.2. The van der Waals surface area contributed by atoms with Crippen LogP contribution < -0.4 is 5.32 Å². The van der Waals surface area contributed by atoms with Gasteiger partial charge in [0.2, 0.25) is 0 Å². The number of hydrogen-bond acceptors (Lipinski definition) is 2. The van der Waals surface area contributed by atoms with Crippen molar-refractivity contribution in [3.8, 4) is 11.8 Å². The van der Waals surface area contributed by atoms with Crippen molar-refractivity contribution in [1.29, 1.82) is 0 Å². The van der Waals surface area contributed by atoms with Crippen LogP contribution >= 0.6 is 0 Å². The van der Waals surface area contributed by atoms with Gasteiger partial charge in [-0.1, -0.05) is 24.0 Å². The zero-order chi connectivity index (χ0) is 13.1. The molecule has 0 saturated carbocycles. The number of hydrogen-bond donors (Lipinski definition) is 1. The second kappa shape index (κ2) is 5.45. The van der Waals surface area contributed by atoms with Gasteiger partial charge in [0.1, 0.15) is 0 Å². The predicted octanol–water partition coefficient (Wildman–Crippen LogP) is 2.03. The van der Waals surface area contributed by atoms with E-state index in [0.717, 1.165) is 25.2 Å². The van der Waals surface area contributed by atoms with Crippen LogP contribution in [0.2, 0.25) is 0 Å². The van der Waals surface area contributed by atoms with Gasteiger partial charge in [-0.2, -0.15) is 0 Å². The molecule has 2 atom stereocenters. The molecule has 96 valence electrons. The van der Waals surface area contributed by atoms with Crippen LogP contribution in [-0.4, -0.2) is 36.6 Å². The SMILES string of the molecule is [C-]#[N+]c1cccc(C#C[C@H]2CC[C@H]3CNCCN32)c1. The summed E-state index contributed by atoms with van der Waals surface area (Å²) in [7, 11) is 0. The molecule has 1 aromatic rings. The van der Waals surface area contributed by atoms with Crippen molar-refractivity contribution in [2.75, 3.05) is 19.6 Å². The fourth-order valence-corrected chi connectivity index (χ4v) is 2.95. The van der Waals surface area contributed by atoms with Gasteiger partial charge in [-0.15, -0.1) is 0 Å². The third-order valence-corrected chi connectivity index (χ3v) is 3.93. The van der Waals surface area contributed by atoms with Crippen LogP contribution in [0.4, 0.5) is 5.69 Å². The van der Waals surface area contributed by atoms with Crippen molar-refractivity contribution in [3.63, 3.8) is 0 Å². The molecule has 3 nitrogen and oxygen atoms in total. The van der Waals surface area contributed by atoms with Gasteiger partial charge < -0.3 is 5.32 Å². The van der Waals surface area contributed by atoms with E-state index in [9.17, 15) is 0 Å². The number of rotatable bonds is 0. The fraction of sp³-hybridized carbons (Fsp3) is 0.438. The Morgan fingerprint density at radius 2 is 2.32 bits per heavy atom. The molecule has 2 saturated heterocycles. The molecule has 2 aliphatic heterocycles. The van der Waals surface area contributed by atoms with E-state index < -0.39 is 0 Å². The lowest BCUT2D eigenvalue weighted by Crippen LogP contribution is -2.50. The lowest BCUT2D eigenvalue weighted by Gasteiger charge is -2.32. The molecule has 0 spiro atoms. The average molecular weight is 251 g/mol. The minimum Gasteiger partial charge on any atom is -0.314 e. The van der Waals surface area contributed by atoms with E-state index in [4.69, 9.17) is 6.57 Å². The minimum absolute atomic E-state index is 0.392. The maximum absolute atomic E-state index is 7.02. The molecule has 2 heterocycles. The van der Waals surface area contributed by atoms with Crippen molar-refractivity contribution < 1.29 is 0 Å². The van der Waals surface area contributed by atoms with Crippen LogP contribution in [0.5, 0.6) is 0 Å². The zero-order valence-electron chi connectivity index (χ0n) is 10.9. The normalized spacial score (nSPS) is 26.1. The number of nitrogens with one attached hydrogen (secondary N) is 1. The first-order valence-electron chi connectivity index (χ1n) is 6.82. The van der Waals surface area contributed by atoms with E-state index in [-0.39, 0.29) is 0 Å². The Balaban J connectivity index is 1.75. The van der Waals surface area contributed by atoms with Crippen molar-refractivity contribution in [3.05, 3.63) is 41.2 Å². The van der Waals surface area contributed by atoms with E-state index in [1.54, 1.807) is 0 Å². The molecule has 0 aliphatic carbocycles. The Kier molecular flexibility index (Phi) is 3.51. The van der Waals surface area contributed by atoms with E-state index >= 15 is 0 Å². The molecule has 2 aliphatic rings. The molecule has 0 amide bonds. The minimum atomic E-state index is 0.392. The van der Waals surface area contributed by atoms with Gasteiger partial charge in [0.25, 0.3) is 0 Å². The quantitative estimate of drug-likeness (QED) is 0.562. The van der Waals surface area contributed by atoms with Crippen LogP contribution in [0.25, 0.3) is 4.85 Å². The lowest BCUT2D eigenvalue weighted by atomic mass is 10.1. The first-order chi connectivity index (χ1) is 9.36. The Bertz CT molecular complexity index is 561. The fourth-order valence-electron chi connectivity index (χ4n) is 2.95. The molecule has 0 unspecified atom stereocenters. The summed E-state index contributed by atoms with van der Waals surface area (Å²) >= 11 is 0. The largest absolute Gasteiger partial charge is 0.314 e. The molecule has 0 aromatic heterocycles. The van der Waals surface area contributed by atoms with Crippen molar-refractivity contribution in [2.45, 2.75) is 24.9 Å². The second-order valence-electron chi connectivity index (χ2n) is 5.12. The van der Waals surface area contributed by atoms with E-state index in [1.165, 1.54) is 12.8 Å². The van der Waals surface area contributed by atoms with Crippen LogP contribution in [0.3, 0.4) is 0 Å². The highest BCUT2D eigenvalue weighted by atomic mass is 15.3. The highest BCUT2D eigenvalue weighted by Gasteiger charge is 2.33. The predicted molar refractivity (Wildman–Crippen MR) is 76.0 cm³/mol. The Morgan fingerprint density at radius 1 is 1.37 bits per heavy atom. The van der Waals surface area contributed by atoms with E-state index in [1.807, 2.05) is 24.3 Å². The van der Waals surface area contributed by atoms with Gasteiger partial charge in [-0.3, -0.25) is 4.90 Å². The first-order valence-corrected chi connectivity index (χ1v) is 6.82. The van der Waals surface area contributed by atoms with Crippen LogP contribution in [0.15, 0.2) is 24.3 Å². The van der Waals surface area contributed by atoms with E-state index in [2.05, 4.69) is 26.9 Å². The maximum atomic E-state index is 7.02. The van der Waals surface area contributed by atoms with Crippen molar-refractivity contribution >= 4 is 5.69 Å². The van der Waals surface area contributed by atoms with Crippen molar-refractivity contribution in [2.24, 2.45) is 0 Å². The Labute approximate surface area is 114 Å². The number of benzene rings is 1. The van der Waals surface area contributed by atoms with Crippen LogP contribution in [-0.2, 0) is 0 Å². The third kappa shape index (κ3) is 2.63. The topological polar surface area (TPSA) is 19.6 Å². The molecule has 3 heteroatoms. The molecular formula is C16H17N3. The van der Waals surface area contributed by atoms with Gasteiger partial charge in [-0.25, -0.2) is 4.85 Å². The average Bonchev–Trinajstić information content (AvgIpc) is 2.89. The van der Waals surface area contributed by atoms with Crippen LogP contribution in [0, 0.1) is 18.4 Å². The van der Waals surface area contributed by atoms with Gasteiger partial charge in [0.05, 0.1) is 12.6 Å². The molecule has 19 heavy (non-hydrogen) atoms. The third-order valence-electron chi connectivity index (χ3n) is 3.93. The standard InChI is InChI=1S/C16H17N3/c1-17-14-4-2-3-13(11-14)5-6-15-7-8-16-12-18-9-10-19(15)16/h2-4,11,15-16,18H,7-10,12H2/t15-,16-/m0/s1. The molecule has 1 aromatic carbocycles. The molecule has 0 radical (unpaired) electrons. The van der Waals surface area contributed by atoms with Gasteiger partial charge in [0, 0.05) is 31.2 Å². The summed E-state index contributed by atoms with van der Waals surface area (Å²) in [4.78, 5) is 5.97. The zero-order valence-corrected chi connectivity index (χ0v) is 10.9. The summed E-state index contributed by atoms with van der Waals surface area (Å²) < 4.78 is 0. The summed E-state index contributed by atoms with van der Waals surface area (Å²) in [5.41, 5.74) is 1.62. The highest BCUT2D eigenvalue weighted by molar-refractivity contribution is 5.51. The van der Waals surface area contributed by atoms with Gasteiger partial charge >= 0.3 is 0 Å². The number of nitrogens with zero attached hydrogens (tertiary/aromatic N) is 2. The Hall–Kier alpha value is -1.81.